The SMILES string of the molecule is CC(O)CN1CC2(CCC1=O)CCN(C(=O)CCc1cccnc1)CC2. The number of likely N-dealkylation sites (tertiary alicyclic amines) is 2. The van der Waals surface area contributed by atoms with Crippen molar-refractivity contribution in [3.8, 4) is 0 Å². The number of carbonyl (C=O) groups is 2. The van der Waals surface area contributed by atoms with Crippen LogP contribution >= 0.6 is 0 Å². The Labute approximate surface area is 155 Å². The number of aromatic nitrogens is 1. The zero-order chi connectivity index (χ0) is 18.6. The fourth-order valence-corrected chi connectivity index (χ4v) is 4.18. The number of β-amino-alcohol motifs (C(OH)–C–C–N with tert-alkyl or cyclic N) is 1. The van der Waals surface area contributed by atoms with Gasteiger partial charge in [0.25, 0.3) is 0 Å². The van der Waals surface area contributed by atoms with Crippen LogP contribution in [0.5, 0.6) is 0 Å². The van der Waals surface area contributed by atoms with Crippen LogP contribution in [0.3, 0.4) is 0 Å². The van der Waals surface area contributed by atoms with Crippen LogP contribution in [-0.2, 0) is 16.0 Å². The topological polar surface area (TPSA) is 73.7 Å². The van der Waals surface area contributed by atoms with Gasteiger partial charge < -0.3 is 14.9 Å². The summed E-state index contributed by atoms with van der Waals surface area (Å²) in [6.45, 7) is 4.38. The lowest BCUT2D eigenvalue weighted by atomic mass is 9.72. The van der Waals surface area contributed by atoms with Gasteiger partial charge in [0.2, 0.25) is 11.8 Å². The summed E-state index contributed by atoms with van der Waals surface area (Å²) in [6.07, 6.45) is 7.64. The lowest BCUT2D eigenvalue weighted by Gasteiger charge is -2.47. The molecule has 0 saturated carbocycles. The largest absolute Gasteiger partial charge is 0.392 e. The monoisotopic (exact) mass is 359 g/mol. The molecule has 3 rings (SSSR count). The highest BCUT2D eigenvalue weighted by molar-refractivity contribution is 5.78. The molecular formula is C20H29N3O3. The van der Waals surface area contributed by atoms with Crippen LogP contribution in [0.2, 0.25) is 0 Å². The predicted molar refractivity (Wildman–Crippen MR) is 98.3 cm³/mol. The molecular weight excluding hydrogens is 330 g/mol. The molecule has 1 N–H and O–H groups in total. The van der Waals surface area contributed by atoms with Crippen LogP contribution in [0.4, 0.5) is 0 Å². The van der Waals surface area contributed by atoms with E-state index in [4.69, 9.17) is 0 Å². The molecule has 142 valence electrons. The van der Waals surface area contributed by atoms with Crippen molar-refractivity contribution in [3.05, 3.63) is 30.1 Å². The molecule has 2 fully saturated rings. The molecule has 0 aromatic carbocycles. The molecule has 1 spiro atoms. The van der Waals surface area contributed by atoms with E-state index < -0.39 is 6.10 Å². The predicted octanol–water partition coefficient (Wildman–Crippen LogP) is 1.63. The molecule has 0 radical (unpaired) electrons. The molecule has 1 atom stereocenters. The second-order valence-corrected chi connectivity index (χ2v) is 7.87. The molecule has 6 heteroatoms. The first-order chi connectivity index (χ1) is 12.5. The molecule has 1 aromatic heterocycles. The van der Waals surface area contributed by atoms with Gasteiger partial charge in [-0.3, -0.25) is 14.6 Å². The van der Waals surface area contributed by atoms with E-state index in [-0.39, 0.29) is 17.2 Å². The van der Waals surface area contributed by atoms with E-state index in [1.54, 1.807) is 13.1 Å². The highest BCUT2D eigenvalue weighted by atomic mass is 16.3. The first kappa shape index (κ1) is 18.8. The molecule has 2 aliphatic heterocycles. The van der Waals surface area contributed by atoms with Crippen LogP contribution in [0.25, 0.3) is 0 Å². The minimum Gasteiger partial charge on any atom is -0.392 e. The smallest absolute Gasteiger partial charge is 0.222 e. The summed E-state index contributed by atoms with van der Waals surface area (Å²) in [5, 5.41) is 9.63. The Bertz CT molecular complexity index is 624. The highest BCUT2D eigenvalue weighted by Crippen LogP contribution is 2.40. The van der Waals surface area contributed by atoms with Crippen LogP contribution in [0.15, 0.2) is 24.5 Å². The Morgan fingerprint density at radius 2 is 2.12 bits per heavy atom. The summed E-state index contributed by atoms with van der Waals surface area (Å²) in [5.41, 5.74) is 1.21. The minimum atomic E-state index is -0.497. The van der Waals surface area contributed by atoms with Crippen molar-refractivity contribution in [1.29, 1.82) is 0 Å². The Morgan fingerprint density at radius 3 is 2.77 bits per heavy atom. The zero-order valence-corrected chi connectivity index (χ0v) is 15.6. The number of piperidine rings is 2. The molecule has 2 saturated heterocycles. The van der Waals surface area contributed by atoms with Crippen LogP contribution in [-0.4, -0.2) is 64.0 Å². The van der Waals surface area contributed by atoms with Gasteiger partial charge in [0, 0.05) is 51.4 Å². The lowest BCUT2D eigenvalue weighted by Crippen LogP contribution is -2.53. The minimum absolute atomic E-state index is 0.114. The highest BCUT2D eigenvalue weighted by Gasteiger charge is 2.41. The van der Waals surface area contributed by atoms with E-state index in [0.717, 1.165) is 44.3 Å². The average molecular weight is 359 g/mol. The van der Waals surface area contributed by atoms with Gasteiger partial charge in [-0.1, -0.05) is 6.07 Å². The van der Waals surface area contributed by atoms with Gasteiger partial charge in [-0.2, -0.15) is 0 Å². The van der Waals surface area contributed by atoms with Crippen LogP contribution < -0.4 is 0 Å². The van der Waals surface area contributed by atoms with Gasteiger partial charge in [-0.05, 0) is 49.7 Å². The second-order valence-electron chi connectivity index (χ2n) is 7.87. The Morgan fingerprint density at radius 1 is 1.35 bits per heavy atom. The van der Waals surface area contributed by atoms with Gasteiger partial charge in [-0.15, -0.1) is 0 Å². The van der Waals surface area contributed by atoms with Gasteiger partial charge in [0.1, 0.15) is 0 Å². The number of hydrogen-bond acceptors (Lipinski definition) is 4. The number of carbonyl (C=O) groups excluding carboxylic acids is 2. The first-order valence-corrected chi connectivity index (χ1v) is 9.60. The van der Waals surface area contributed by atoms with Gasteiger partial charge in [0.15, 0.2) is 0 Å². The molecule has 1 aromatic rings. The van der Waals surface area contributed by atoms with Crippen molar-refractivity contribution in [2.45, 2.75) is 51.6 Å². The summed E-state index contributed by atoms with van der Waals surface area (Å²) in [4.78, 5) is 32.5. The van der Waals surface area contributed by atoms with E-state index in [9.17, 15) is 14.7 Å². The van der Waals surface area contributed by atoms with Crippen molar-refractivity contribution in [3.63, 3.8) is 0 Å². The Balaban J connectivity index is 1.50. The number of aryl methyl sites for hydroxylation is 1. The molecule has 0 aliphatic carbocycles. The van der Waals surface area contributed by atoms with Gasteiger partial charge >= 0.3 is 0 Å². The molecule has 0 bridgehead atoms. The summed E-state index contributed by atoms with van der Waals surface area (Å²) < 4.78 is 0. The van der Waals surface area contributed by atoms with Crippen molar-refractivity contribution in [1.82, 2.24) is 14.8 Å². The summed E-state index contributed by atoms with van der Waals surface area (Å²) >= 11 is 0. The van der Waals surface area contributed by atoms with Crippen molar-refractivity contribution in [2.75, 3.05) is 26.2 Å². The maximum absolute atomic E-state index is 12.5. The lowest BCUT2D eigenvalue weighted by molar-refractivity contribution is -0.143. The summed E-state index contributed by atoms with van der Waals surface area (Å²) in [7, 11) is 0. The second kappa shape index (κ2) is 8.16. The fourth-order valence-electron chi connectivity index (χ4n) is 4.18. The Kier molecular flexibility index (Phi) is 5.91. The standard InChI is InChI=1S/C20H29N3O3/c1-16(24)14-23-15-20(7-6-19(23)26)8-11-22(12-9-20)18(25)5-4-17-3-2-10-21-13-17/h2-3,10,13,16,24H,4-9,11-12,14-15H2,1H3. The van der Waals surface area contributed by atoms with Crippen LogP contribution in [0.1, 0.15) is 44.6 Å². The fraction of sp³-hybridized carbons (Fsp3) is 0.650. The number of rotatable bonds is 5. The molecule has 6 nitrogen and oxygen atoms in total. The summed E-state index contributed by atoms with van der Waals surface area (Å²) in [5.74, 6) is 0.350. The van der Waals surface area contributed by atoms with Gasteiger partial charge in [-0.25, -0.2) is 0 Å². The van der Waals surface area contributed by atoms with Crippen molar-refractivity contribution < 1.29 is 14.7 Å². The quantitative estimate of drug-likeness (QED) is 0.867. The third kappa shape index (κ3) is 4.61. The van der Waals surface area contributed by atoms with Crippen molar-refractivity contribution in [2.24, 2.45) is 5.41 Å². The molecule has 2 amide bonds. The van der Waals surface area contributed by atoms with E-state index in [2.05, 4.69) is 4.98 Å². The third-order valence-electron chi connectivity index (χ3n) is 5.76. The molecule has 1 unspecified atom stereocenters. The number of hydrogen-bond donors (Lipinski definition) is 1. The Hall–Kier alpha value is -1.95. The number of pyridine rings is 1. The number of nitrogens with zero attached hydrogens (tertiary/aromatic N) is 3. The van der Waals surface area contributed by atoms with Crippen molar-refractivity contribution >= 4 is 11.8 Å². The van der Waals surface area contributed by atoms with E-state index in [1.165, 1.54) is 0 Å². The number of aliphatic hydroxyl groups is 1. The maximum atomic E-state index is 12.5. The summed E-state index contributed by atoms with van der Waals surface area (Å²) in [6, 6.07) is 3.90. The molecule has 3 heterocycles. The van der Waals surface area contributed by atoms with Gasteiger partial charge in [0.05, 0.1) is 6.10 Å². The average Bonchev–Trinajstić information content (AvgIpc) is 2.64. The molecule has 2 aliphatic rings. The maximum Gasteiger partial charge on any atom is 0.222 e. The molecule has 26 heavy (non-hydrogen) atoms. The van der Waals surface area contributed by atoms with Crippen LogP contribution in [0, 0.1) is 5.41 Å². The number of aliphatic hydroxyl groups excluding tert-OH is 1. The number of amides is 2. The van der Waals surface area contributed by atoms with E-state index in [0.29, 0.717) is 25.9 Å². The normalized spacial score (nSPS) is 21.1. The first-order valence-electron chi connectivity index (χ1n) is 9.60. The third-order valence-corrected chi connectivity index (χ3v) is 5.76. The zero-order valence-electron chi connectivity index (χ0n) is 15.6. The van der Waals surface area contributed by atoms with E-state index in [1.807, 2.05) is 28.1 Å². The van der Waals surface area contributed by atoms with E-state index >= 15 is 0 Å².